The number of phenols is 1. The summed E-state index contributed by atoms with van der Waals surface area (Å²) in [7, 11) is 0. The van der Waals surface area contributed by atoms with Crippen LogP contribution in [0, 0.1) is 5.82 Å². The summed E-state index contributed by atoms with van der Waals surface area (Å²) in [5, 5.41) is 17.2. The quantitative estimate of drug-likeness (QED) is 0.711. The lowest BCUT2D eigenvalue weighted by molar-refractivity contribution is 0.0688. The van der Waals surface area contributed by atoms with Crippen LogP contribution in [0.2, 0.25) is 5.02 Å². The van der Waals surface area contributed by atoms with Gasteiger partial charge in [-0.05, 0) is 12.1 Å². The zero-order chi connectivity index (χ0) is 9.30. The molecule has 5 heteroatoms. The third kappa shape index (κ3) is 1.33. The highest BCUT2D eigenvalue weighted by molar-refractivity contribution is 6.32. The van der Waals surface area contributed by atoms with Crippen LogP contribution < -0.4 is 0 Å². The van der Waals surface area contributed by atoms with Gasteiger partial charge in [0.05, 0.1) is 5.02 Å². The van der Waals surface area contributed by atoms with Gasteiger partial charge in [0.25, 0.3) is 0 Å². The van der Waals surface area contributed by atoms with E-state index in [1.165, 1.54) is 0 Å². The van der Waals surface area contributed by atoms with Crippen molar-refractivity contribution in [3.8, 4) is 5.75 Å². The SMILES string of the molecule is O=C(O)c1c(F)ccc(Cl)c1O. The molecule has 64 valence electrons. The van der Waals surface area contributed by atoms with E-state index < -0.39 is 23.1 Å². The number of aromatic hydroxyl groups is 1. The van der Waals surface area contributed by atoms with Crippen LogP contribution in [-0.2, 0) is 0 Å². The number of aromatic carboxylic acids is 1. The molecule has 0 aliphatic heterocycles. The van der Waals surface area contributed by atoms with Gasteiger partial charge >= 0.3 is 5.97 Å². The zero-order valence-corrected chi connectivity index (χ0v) is 6.47. The van der Waals surface area contributed by atoms with Crippen molar-refractivity contribution in [3.63, 3.8) is 0 Å². The molecular weight excluding hydrogens is 187 g/mol. The summed E-state index contributed by atoms with van der Waals surface area (Å²) in [6.45, 7) is 0. The fourth-order valence-electron chi connectivity index (χ4n) is 0.745. The molecule has 1 rings (SSSR count). The maximum Gasteiger partial charge on any atom is 0.342 e. The first-order chi connectivity index (χ1) is 5.54. The van der Waals surface area contributed by atoms with Crippen molar-refractivity contribution < 1.29 is 19.4 Å². The van der Waals surface area contributed by atoms with Crippen molar-refractivity contribution in [1.82, 2.24) is 0 Å². The molecule has 0 heterocycles. The van der Waals surface area contributed by atoms with Gasteiger partial charge in [-0.25, -0.2) is 9.18 Å². The number of halogens is 2. The van der Waals surface area contributed by atoms with Gasteiger partial charge < -0.3 is 10.2 Å². The minimum atomic E-state index is -1.55. The molecule has 1 aromatic rings. The van der Waals surface area contributed by atoms with Gasteiger partial charge in [-0.1, -0.05) is 11.6 Å². The van der Waals surface area contributed by atoms with E-state index in [1.54, 1.807) is 0 Å². The van der Waals surface area contributed by atoms with Gasteiger partial charge in [0, 0.05) is 0 Å². The van der Waals surface area contributed by atoms with Crippen LogP contribution in [0.5, 0.6) is 5.75 Å². The molecule has 2 N–H and O–H groups in total. The third-order valence-electron chi connectivity index (χ3n) is 1.29. The van der Waals surface area contributed by atoms with E-state index in [0.29, 0.717) is 0 Å². The van der Waals surface area contributed by atoms with Crippen molar-refractivity contribution in [3.05, 3.63) is 28.5 Å². The molecule has 0 unspecified atom stereocenters. The van der Waals surface area contributed by atoms with Crippen LogP contribution in [0.15, 0.2) is 12.1 Å². The molecule has 0 aromatic heterocycles. The number of rotatable bonds is 1. The van der Waals surface area contributed by atoms with Crippen LogP contribution in [-0.4, -0.2) is 16.2 Å². The maximum absolute atomic E-state index is 12.7. The normalized spacial score (nSPS) is 9.83. The molecule has 3 nitrogen and oxygen atoms in total. The van der Waals surface area contributed by atoms with E-state index in [9.17, 15) is 9.18 Å². The zero-order valence-electron chi connectivity index (χ0n) is 5.71. The summed E-state index contributed by atoms with van der Waals surface area (Å²) in [5.74, 6) is -3.30. The summed E-state index contributed by atoms with van der Waals surface area (Å²) < 4.78 is 12.7. The van der Waals surface area contributed by atoms with E-state index in [2.05, 4.69) is 0 Å². The average molecular weight is 191 g/mol. The number of carboxylic acid groups (broad SMARTS) is 1. The summed E-state index contributed by atoms with van der Waals surface area (Å²) >= 11 is 5.35. The molecule has 0 atom stereocenters. The van der Waals surface area contributed by atoms with Crippen LogP contribution in [0.1, 0.15) is 10.4 Å². The average Bonchev–Trinajstić information content (AvgIpc) is 1.97. The highest BCUT2D eigenvalue weighted by atomic mass is 35.5. The first-order valence-corrected chi connectivity index (χ1v) is 3.32. The summed E-state index contributed by atoms with van der Waals surface area (Å²) in [5.41, 5.74) is -0.803. The number of carboxylic acids is 1. The Labute approximate surface area is 72.0 Å². The fraction of sp³-hybridized carbons (Fsp3) is 0. The van der Waals surface area contributed by atoms with Crippen LogP contribution in [0.3, 0.4) is 0 Å². The number of hydrogen-bond acceptors (Lipinski definition) is 2. The molecule has 0 saturated heterocycles. The van der Waals surface area contributed by atoms with Crippen molar-refractivity contribution >= 4 is 17.6 Å². The lowest BCUT2D eigenvalue weighted by atomic mass is 10.2. The molecule has 0 fully saturated rings. The van der Waals surface area contributed by atoms with Gasteiger partial charge in [0.2, 0.25) is 0 Å². The third-order valence-corrected chi connectivity index (χ3v) is 1.60. The van der Waals surface area contributed by atoms with E-state index in [-0.39, 0.29) is 5.02 Å². The van der Waals surface area contributed by atoms with Crippen molar-refractivity contribution in [2.24, 2.45) is 0 Å². The van der Waals surface area contributed by atoms with Gasteiger partial charge in [-0.3, -0.25) is 0 Å². The Kier molecular flexibility index (Phi) is 2.19. The van der Waals surface area contributed by atoms with Crippen LogP contribution in [0.4, 0.5) is 4.39 Å². The molecule has 0 aliphatic carbocycles. The summed E-state index contributed by atoms with van der Waals surface area (Å²) in [6.07, 6.45) is 0. The first kappa shape index (κ1) is 8.80. The summed E-state index contributed by atoms with van der Waals surface area (Å²) in [6, 6.07) is 1.96. The second-order valence-corrected chi connectivity index (χ2v) is 2.47. The minimum Gasteiger partial charge on any atom is -0.505 e. The monoisotopic (exact) mass is 190 g/mol. The maximum atomic E-state index is 12.7. The largest absolute Gasteiger partial charge is 0.505 e. The molecule has 0 radical (unpaired) electrons. The van der Waals surface area contributed by atoms with Gasteiger partial charge in [0.15, 0.2) is 5.75 Å². The summed E-state index contributed by atoms with van der Waals surface area (Å²) in [4.78, 5) is 10.3. The van der Waals surface area contributed by atoms with Crippen LogP contribution in [0.25, 0.3) is 0 Å². The predicted molar refractivity (Wildman–Crippen MR) is 40.0 cm³/mol. The first-order valence-electron chi connectivity index (χ1n) is 2.94. The second kappa shape index (κ2) is 2.98. The Morgan fingerprint density at radius 2 is 2.08 bits per heavy atom. The second-order valence-electron chi connectivity index (χ2n) is 2.06. The van der Waals surface area contributed by atoms with Gasteiger partial charge in [-0.15, -0.1) is 0 Å². The standard InChI is InChI=1S/C7H4ClFO3/c8-3-1-2-4(9)5(6(3)10)7(11)12/h1-2,10H,(H,11,12). The molecule has 0 spiro atoms. The fourth-order valence-corrected chi connectivity index (χ4v) is 0.902. The van der Waals surface area contributed by atoms with Crippen LogP contribution >= 0.6 is 11.6 Å². The van der Waals surface area contributed by atoms with Crippen molar-refractivity contribution in [2.75, 3.05) is 0 Å². The number of carbonyl (C=O) groups is 1. The molecule has 1 aromatic carbocycles. The predicted octanol–water partition coefficient (Wildman–Crippen LogP) is 1.88. The Morgan fingerprint density at radius 1 is 1.50 bits per heavy atom. The molecule has 0 aliphatic rings. The van der Waals surface area contributed by atoms with Gasteiger partial charge in [-0.2, -0.15) is 0 Å². The Bertz CT molecular complexity index is 338. The highest BCUT2D eigenvalue weighted by Crippen LogP contribution is 2.28. The van der Waals surface area contributed by atoms with Gasteiger partial charge in [0.1, 0.15) is 11.4 Å². The number of hydrogen-bond donors (Lipinski definition) is 2. The molecule has 12 heavy (non-hydrogen) atoms. The molecule has 0 amide bonds. The topological polar surface area (TPSA) is 57.5 Å². The molecule has 0 saturated carbocycles. The molecule has 0 bridgehead atoms. The highest BCUT2D eigenvalue weighted by Gasteiger charge is 2.17. The van der Waals surface area contributed by atoms with E-state index in [4.69, 9.17) is 21.8 Å². The van der Waals surface area contributed by atoms with Crippen molar-refractivity contribution in [2.45, 2.75) is 0 Å². The Hall–Kier alpha value is -1.29. The van der Waals surface area contributed by atoms with E-state index >= 15 is 0 Å². The number of benzene rings is 1. The Balaban J connectivity index is 3.43. The van der Waals surface area contributed by atoms with Crippen molar-refractivity contribution in [1.29, 1.82) is 0 Å². The lowest BCUT2D eigenvalue weighted by Gasteiger charge is -2.01. The smallest absolute Gasteiger partial charge is 0.342 e. The van der Waals surface area contributed by atoms with E-state index in [0.717, 1.165) is 12.1 Å². The minimum absolute atomic E-state index is 0.186. The lowest BCUT2D eigenvalue weighted by Crippen LogP contribution is -2.00. The molecular formula is C7H4ClFO3. The van der Waals surface area contributed by atoms with E-state index in [1.807, 2.05) is 0 Å². The Morgan fingerprint density at radius 3 is 2.50 bits per heavy atom.